The van der Waals surface area contributed by atoms with Crippen molar-refractivity contribution in [2.75, 3.05) is 39.1 Å². The molecule has 1 aliphatic rings. The number of amides is 2. The second kappa shape index (κ2) is 8.88. The van der Waals surface area contributed by atoms with E-state index in [0.29, 0.717) is 50.0 Å². The number of aromatic nitrogens is 3. The number of aryl methyl sites for hydroxylation is 1. The quantitative estimate of drug-likeness (QED) is 0.518. The van der Waals surface area contributed by atoms with Gasteiger partial charge in [-0.1, -0.05) is 11.8 Å². The Morgan fingerprint density at radius 2 is 2.39 bits per heavy atom. The van der Waals surface area contributed by atoms with Crippen molar-refractivity contribution in [2.24, 2.45) is 5.92 Å². The summed E-state index contributed by atoms with van der Waals surface area (Å²) in [5.41, 5.74) is 0. The Kier molecular flexibility index (Phi) is 6.85. The number of piperidine rings is 1. The molecule has 9 heteroatoms. The zero-order valence-electron chi connectivity index (χ0n) is 13.5. The molecule has 2 heterocycles. The molecule has 0 bridgehead atoms. The van der Waals surface area contributed by atoms with Crippen LogP contribution in [0.4, 0.5) is 0 Å². The van der Waals surface area contributed by atoms with E-state index in [0.717, 1.165) is 5.82 Å². The minimum atomic E-state index is -0.139. The molecular weight excluding hydrogens is 318 g/mol. The van der Waals surface area contributed by atoms with Crippen molar-refractivity contribution in [2.45, 2.75) is 24.9 Å². The maximum Gasteiger partial charge on any atom is 0.224 e. The van der Waals surface area contributed by atoms with Crippen LogP contribution in [-0.4, -0.2) is 71.0 Å². The van der Waals surface area contributed by atoms with Crippen LogP contribution in [0.25, 0.3) is 0 Å². The zero-order chi connectivity index (χ0) is 16.7. The van der Waals surface area contributed by atoms with Gasteiger partial charge in [0.15, 0.2) is 0 Å². The second-order valence-corrected chi connectivity index (χ2v) is 6.47. The van der Waals surface area contributed by atoms with E-state index in [9.17, 15) is 9.59 Å². The molecule has 1 unspecified atom stereocenters. The molecule has 1 saturated heterocycles. The summed E-state index contributed by atoms with van der Waals surface area (Å²) in [5, 5.41) is 10.4. The highest BCUT2D eigenvalue weighted by Crippen LogP contribution is 2.18. The van der Waals surface area contributed by atoms with Crippen LogP contribution in [0.15, 0.2) is 5.16 Å². The van der Waals surface area contributed by atoms with Crippen LogP contribution in [0, 0.1) is 12.8 Å². The van der Waals surface area contributed by atoms with Crippen LogP contribution in [-0.2, 0) is 14.3 Å². The molecule has 0 spiro atoms. The number of hydrogen-bond donors (Lipinski definition) is 2. The van der Waals surface area contributed by atoms with Gasteiger partial charge in [-0.05, 0) is 13.3 Å². The van der Waals surface area contributed by atoms with E-state index < -0.39 is 0 Å². The van der Waals surface area contributed by atoms with Crippen LogP contribution in [0.5, 0.6) is 0 Å². The lowest BCUT2D eigenvalue weighted by Gasteiger charge is -2.31. The number of ether oxygens (including phenoxy) is 1. The first-order valence-corrected chi connectivity index (χ1v) is 8.65. The number of hydrogen-bond acceptors (Lipinski definition) is 6. The molecule has 2 rings (SSSR count). The zero-order valence-corrected chi connectivity index (χ0v) is 14.3. The van der Waals surface area contributed by atoms with E-state index >= 15 is 0 Å². The van der Waals surface area contributed by atoms with Crippen molar-refractivity contribution in [1.82, 2.24) is 25.4 Å². The number of thioether (sulfide) groups is 1. The summed E-state index contributed by atoms with van der Waals surface area (Å²) in [4.78, 5) is 29.9. The number of carbonyl (C=O) groups excluding carboxylic acids is 2. The fourth-order valence-corrected chi connectivity index (χ4v) is 3.09. The van der Waals surface area contributed by atoms with Crippen LogP contribution in [0.2, 0.25) is 0 Å². The van der Waals surface area contributed by atoms with Gasteiger partial charge < -0.3 is 15.0 Å². The van der Waals surface area contributed by atoms with Gasteiger partial charge in [0.2, 0.25) is 17.0 Å². The first-order chi connectivity index (χ1) is 11.1. The molecule has 8 nitrogen and oxygen atoms in total. The number of methoxy groups -OCH3 is 1. The highest BCUT2D eigenvalue weighted by molar-refractivity contribution is 7.99. The Morgan fingerprint density at radius 1 is 1.57 bits per heavy atom. The van der Waals surface area contributed by atoms with Crippen molar-refractivity contribution in [1.29, 1.82) is 0 Å². The molecule has 1 aromatic rings. The molecule has 0 saturated carbocycles. The molecule has 23 heavy (non-hydrogen) atoms. The van der Waals surface area contributed by atoms with E-state index in [2.05, 4.69) is 20.5 Å². The average Bonchev–Trinajstić information content (AvgIpc) is 2.96. The van der Waals surface area contributed by atoms with E-state index in [1.165, 1.54) is 11.8 Å². The van der Waals surface area contributed by atoms with Gasteiger partial charge in [-0.15, -0.1) is 5.10 Å². The van der Waals surface area contributed by atoms with E-state index in [1.54, 1.807) is 12.0 Å². The molecular formula is C14H23N5O3S. The summed E-state index contributed by atoms with van der Waals surface area (Å²) in [5.74, 6) is 1.45. The SMILES string of the molecule is COCCN1CC(C(=O)NCCSc2n[nH]c(C)n2)CCC1=O. The lowest BCUT2D eigenvalue weighted by Crippen LogP contribution is -2.47. The molecule has 2 amide bonds. The number of carbonyl (C=O) groups is 2. The molecule has 2 N–H and O–H groups in total. The predicted molar refractivity (Wildman–Crippen MR) is 86.0 cm³/mol. The number of nitrogens with zero attached hydrogens (tertiary/aromatic N) is 3. The molecule has 0 radical (unpaired) electrons. The fraction of sp³-hybridized carbons (Fsp3) is 0.714. The Labute approximate surface area is 139 Å². The number of H-pyrrole nitrogens is 1. The standard InChI is InChI=1S/C14H23N5O3S/c1-10-16-14(18-17-10)23-8-5-15-13(21)11-3-4-12(20)19(9-11)6-7-22-2/h11H,3-9H2,1-2H3,(H,15,21)(H,16,17,18). The van der Waals surface area contributed by atoms with Gasteiger partial charge in [-0.25, -0.2) is 4.98 Å². The van der Waals surface area contributed by atoms with Crippen molar-refractivity contribution in [3.05, 3.63) is 5.82 Å². The van der Waals surface area contributed by atoms with Crippen molar-refractivity contribution < 1.29 is 14.3 Å². The number of rotatable bonds is 8. The van der Waals surface area contributed by atoms with E-state index in [1.807, 2.05) is 6.92 Å². The average molecular weight is 341 g/mol. The highest BCUT2D eigenvalue weighted by atomic mass is 32.2. The van der Waals surface area contributed by atoms with Gasteiger partial charge >= 0.3 is 0 Å². The summed E-state index contributed by atoms with van der Waals surface area (Å²) in [6.45, 7) is 3.91. The van der Waals surface area contributed by atoms with Crippen LogP contribution < -0.4 is 5.32 Å². The topological polar surface area (TPSA) is 100 Å². The molecule has 1 aliphatic heterocycles. The molecule has 128 valence electrons. The maximum atomic E-state index is 12.2. The minimum Gasteiger partial charge on any atom is -0.383 e. The number of likely N-dealkylation sites (tertiary alicyclic amines) is 1. The molecule has 1 aromatic heterocycles. The third-order valence-corrected chi connectivity index (χ3v) is 4.49. The van der Waals surface area contributed by atoms with E-state index in [-0.39, 0.29) is 17.7 Å². The summed E-state index contributed by atoms with van der Waals surface area (Å²) in [6.07, 6.45) is 1.04. The molecule has 0 aliphatic carbocycles. The van der Waals surface area contributed by atoms with Gasteiger partial charge in [0.25, 0.3) is 0 Å². The van der Waals surface area contributed by atoms with Gasteiger partial charge in [-0.3, -0.25) is 14.7 Å². The van der Waals surface area contributed by atoms with Gasteiger partial charge in [0, 0.05) is 38.9 Å². The third-order valence-electron chi connectivity index (χ3n) is 3.65. The van der Waals surface area contributed by atoms with Crippen molar-refractivity contribution >= 4 is 23.6 Å². The van der Waals surface area contributed by atoms with E-state index in [4.69, 9.17) is 4.74 Å². The largest absolute Gasteiger partial charge is 0.383 e. The van der Waals surface area contributed by atoms with Crippen LogP contribution in [0.1, 0.15) is 18.7 Å². The maximum absolute atomic E-state index is 12.2. The highest BCUT2D eigenvalue weighted by Gasteiger charge is 2.29. The number of nitrogens with one attached hydrogen (secondary N) is 2. The first-order valence-electron chi connectivity index (χ1n) is 7.66. The van der Waals surface area contributed by atoms with Crippen molar-refractivity contribution in [3.8, 4) is 0 Å². The Balaban J connectivity index is 1.69. The molecule has 1 atom stereocenters. The van der Waals surface area contributed by atoms with Crippen molar-refractivity contribution in [3.63, 3.8) is 0 Å². The predicted octanol–water partition coefficient (Wildman–Crippen LogP) is 0.206. The van der Waals surface area contributed by atoms with Gasteiger partial charge in [0.05, 0.1) is 12.5 Å². The fourth-order valence-electron chi connectivity index (χ4n) is 2.39. The Morgan fingerprint density at radius 3 is 3.09 bits per heavy atom. The third kappa shape index (κ3) is 5.51. The van der Waals surface area contributed by atoms with Gasteiger partial charge in [-0.2, -0.15) is 0 Å². The first kappa shape index (κ1) is 17.7. The Bertz CT molecular complexity index is 536. The molecule has 1 fully saturated rings. The lowest BCUT2D eigenvalue weighted by atomic mass is 9.96. The summed E-state index contributed by atoms with van der Waals surface area (Å²) < 4.78 is 5.00. The number of aromatic amines is 1. The smallest absolute Gasteiger partial charge is 0.224 e. The normalized spacial score (nSPS) is 18.3. The summed E-state index contributed by atoms with van der Waals surface area (Å²) in [6, 6.07) is 0. The van der Waals surface area contributed by atoms with Gasteiger partial charge in [0.1, 0.15) is 5.82 Å². The Hall–Kier alpha value is -1.61. The minimum absolute atomic E-state index is 0.00619. The van der Waals surface area contributed by atoms with Crippen LogP contribution in [0.3, 0.4) is 0 Å². The summed E-state index contributed by atoms with van der Waals surface area (Å²) >= 11 is 1.49. The monoisotopic (exact) mass is 341 g/mol. The second-order valence-electron chi connectivity index (χ2n) is 5.41. The lowest BCUT2D eigenvalue weighted by molar-refractivity contribution is -0.138. The summed E-state index contributed by atoms with van der Waals surface area (Å²) in [7, 11) is 1.60. The van der Waals surface area contributed by atoms with Crippen LogP contribution >= 0.6 is 11.8 Å². The molecule has 0 aromatic carbocycles.